The van der Waals surface area contributed by atoms with E-state index in [4.69, 9.17) is 19.0 Å². The smallest absolute Gasteiger partial charge is 0.398 e. The lowest BCUT2D eigenvalue weighted by atomic mass is 10.0. The van der Waals surface area contributed by atoms with E-state index >= 15 is 0 Å². The van der Waals surface area contributed by atoms with Crippen molar-refractivity contribution in [1.29, 1.82) is 0 Å². The molecule has 132 valence electrons. The lowest BCUT2D eigenvalue weighted by molar-refractivity contribution is 0.0708. The molecular formula is C19H29NO3Si. The van der Waals surface area contributed by atoms with Crippen LogP contribution >= 0.6 is 0 Å². The van der Waals surface area contributed by atoms with Crippen LogP contribution in [0, 0.1) is 0 Å². The van der Waals surface area contributed by atoms with Crippen molar-refractivity contribution in [3.8, 4) is 0 Å². The summed E-state index contributed by atoms with van der Waals surface area (Å²) in [6.45, 7) is 7.81. The van der Waals surface area contributed by atoms with Crippen LogP contribution in [-0.4, -0.2) is 28.6 Å². The van der Waals surface area contributed by atoms with Crippen LogP contribution < -0.4 is 5.73 Å². The van der Waals surface area contributed by atoms with Crippen LogP contribution in [0.25, 0.3) is 10.8 Å². The molecular weight excluding hydrogens is 318 g/mol. The molecule has 2 aromatic rings. The first-order valence-corrected chi connectivity index (χ1v) is 10.8. The van der Waals surface area contributed by atoms with Crippen molar-refractivity contribution in [2.75, 3.05) is 25.6 Å². The molecule has 0 bridgehead atoms. The molecule has 2 aromatic carbocycles. The number of hydrogen-bond donors (Lipinski definition) is 1. The Labute approximate surface area is 146 Å². The Balaban J connectivity index is 2.07. The first-order valence-electron chi connectivity index (χ1n) is 8.83. The topological polar surface area (TPSA) is 53.7 Å². The Bertz CT molecular complexity index is 631. The average Bonchev–Trinajstić information content (AvgIpc) is 2.58. The summed E-state index contributed by atoms with van der Waals surface area (Å²) in [5.41, 5.74) is 8.42. The van der Waals surface area contributed by atoms with Gasteiger partial charge in [0.2, 0.25) is 0 Å². The van der Waals surface area contributed by atoms with E-state index in [1.165, 1.54) is 10.9 Å². The van der Waals surface area contributed by atoms with Crippen molar-refractivity contribution in [3.63, 3.8) is 0 Å². The molecule has 0 spiro atoms. The van der Waals surface area contributed by atoms with E-state index in [2.05, 4.69) is 24.3 Å². The molecule has 0 aliphatic rings. The number of aryl methyl sites for hydroxylation is 1. The Morgan fingerprint density at radius 2 is 1.50 bits per heavy atom. The number of rotatable bonds is 10. The summed E-state index contributed by atoms with van der Waals surface area (Å²) in [4.78, 5) is 0. The molecule has 0 heterocycles. The second-order valence-corrected chi connectivity index (χ2v) is 8.43. The van der Waals surface area contributed by atoms with Gasteiger partial charge in [0, 0.05) is 36.9 Å². The SMILES string of the molecule is CCO[Si](CCCc1ccc2ccccc2c1N)(OCC)OCC. The largest absolute Gasteiger partial charge is 0.500 e. The third-order valence-corrected chi connectivity index (χ3v) is 7.23. The highest BCUT2D eigenvalue weighted by Gasteiger charge is 2.39. The summed E-state index contributed by atoms with van der Waals surface area (Å²) >= 11 is 0. The quantitative estimate of drug-likeness (QED) is 0.511. The summed E-state index contributed by atoms with van der Waals surface area (Å²) in [6, 6.07) is 13.3. The van der Waals surface area contributed by atoms with E-state index < -0.39 is 8.80 Å². The van der Waals surface area contributed by atoms with Gasteiger partial charge in [-0.05, 0) is 44.6 Å². The Morgan fingerprint density at radius 3 is 2.12 bits per heavy atom. The second-order valence-electron chi connectivity index (χ2n) is 5.70. The summed E-state index contributed by atoms with van der Waals surface area (Å²) in [6.07, 6.45) is 1.84. The summed E-state index contributed by atoms with van der Waals surface area (Å²) in [5.74, 6) is 0. The molecule has 24 heavy (non-hydrogen) atoms. The minimum atomic E-state index is -2.56. The van der Waals surface area contributed by atoms with Crippen LogP contribution in [0.15, 0.2) is 36.4 Å². The maximum atomic E-state index is 6.36. The number of anilines is 1. The lowest BCUT2D eigenvalue weighted by Crippen LogP contribution is -2.46. The van der Waals surface area contributed by atoms with Crippen LogP contribution in [0.3, 0.4) is 0 Å². The molecule has 0 amide bonds. The highest BCUT2D eigenvalue weighted by Crippen LogP contribution is 2.27. The first-order chi connectivity index (χ1) is 11.7. The molecule has 0 aliphatic heterocycles. The summed E-state index contributed by atoms with van der Waals surface area (Å²) in [7, 11) is -2.56. The zero-order valence-corrected chi connectivity index (χ0v) is 16.0. The van der Waals surface area contributed by atoms with E-state index in [1.807, 2.05) is 32.9 Å². The van der Waals surface area contributed by atoms with Gasteiger partial charge in [0.15, 0.2) is 0 Å². The molecule has 0 saturated carbocycles. The van der Waals surface area contributed by atoms with Gasteiger partial charge in [-0.3, -0.25) is 0 Å². The summed E-state index contributed by atoms with van der Waals surface area (Å²) in [5, 5.41) is 2.30. The number of nitrogens with two attached hydrogens (primary N) is 1. The molecule has 5 heteroatoms. The molecule has 4 nitrogen and oxygen atoms in total. The van der Waals surface area contributed by atoms with Gasteiger partial charge in [-0.2, -0.15) is 0 Å². The highest BCUT2D eigenvalue weighted by molar-refractivity contribution is 6.60. The molecule has 2 rings (SSSR count). The average molecular weight is 348 g/mol. The van der Waals surface area contributed by atoms with Crippen LogP contribution in [0.4, 0.5) is 5.69 Å². The van der Waals surface area contributed by atoms with Gasteiger partial charge >= 0.3 is 8.80 Å². The molecule has 0 radical (unpaired) electrons. The Kier molecular flexibility index (Phi) is 7.24. The van der Waals surface area contributed by atoms with Crippen molar-refractivity contribution < 1.29 is 13.3 Å². The highest BCUT2D eigenvalue weighted by atomic mass is 28.4. The van der Waals surface area contributed by atoms with Crippen molar-refractivity contribution in [3.05, 3.63) is 42.0 Å². The maximum Gasteiger partial charge on any atom is 0.500 e. The maximum absolute atomic E-state index is 6.36. The first kappa shape index (κ1) is 18.9. The number of benzene rings is 2. The third kappa shape index (κ3) is 4.57. The van der Waals surface area contributed by atoms with Gasteiger partial charge in [-0.1, -0.05) is 36.4 Å². The van der Waals surface area contributed by atoms with Crippen LogP contribution in [0.2, 0.25) is 6.04 Å². The Morgan fingerprint density at radius 1 is 0.875 bits per heavy atom. The molecule has 0 fully saturated rings. The molecule has 0 aromatic heterocycles. The van der Waals surface area contributed by atoms with Gasteiger partial charge in [-0.25, -0.2) is 0 Å². The monoisotopic (exact) mass is 347 g/mol. The van der Waals surface area contributed by atoms with E-state index in [1.54, 1.807) is 0 Å². The number of nitrogen functional groups attached to an aromatic ring is 1. The van der Waals surface area contributed by atoms with Gasteiger partial charge in [-0.15, -0.1) is 0 Å². The van der Waals surface area contributed by atoms with Crippen LogP contribution in [-0.2, 0) is 19.7 Å². The summed E-state index contributed by atoms with van der Waals surface area (Å²) < 4.78 is 17.7. The van der Waals surface area contributed by atoms with E-state index in [0.29, 0.717) is 19.8 Å². The molecule has 0 saturated heterocycles. The van der Waals surface area contributed by atoms with Gasteiger partial charge in [0.25, 0.3) is 0 Å². The van der Waals surface area contributed by atoms with E-state index in [9.17, 15) is 0 Å². The predicted molar refractivity (Wildman–Crippen MR) is 102 cm³/mol. The third-order valence-electron chi connectivity index (χ3n) is 4.08. The normalized spacial score (nSPS) is 12.0. The van der Waals surface area contributed by atoms with E-state index in [0.717, 1.165) is 30.0 Å². The fourth-order valence-electron chi connectivity index (χ4n) is 3.06. The van der Waals surface area contributed by atoms with Gasteiger partial charge in [0.05, 0.1) is 0 Å². The second kappa shape index (κ2) is 9.18. The number of fused-ring (bicyclic) bond motifs is 1. The van der Waals surface area contributed by atoms with Crippen LogP contribution in [0.5, 0.6) is 0 Å². The van der Waals surface area contributed by atoms with Crippen molar-refractivity contribution in [2.45, 2.75) is 39.7 Å². The minimum Gasteiger partial charge on any atom is -0.398 e. The molecule has 0 unspecified atom stereocenters. The number of hydrogen-bond acceptors (Lipinski definition) is 4. The standard InChI is InChI=1S/C19H29NO3Si/c1-4-21-24(22-5-2,23-6-3)15-9-11-17-14-13-16-10-7-8-12-18(16)19(17)20/h7-8,10,12-14H,4-6,9,11,15,20H2,1-3H3. The molecule has 0 atom stereocenters. The van der Waals surface area contributed by atoms with Crippen molar-refractivity contribution in [2.24, 2.45) is 0 Å². The lowest BCUT2D eigenvalue weighted by Gasteiger charge is -2.28. The predicted octanol–water partition coefficient (Wildman–Crippen LogP) is 4.40. The van der Waals surface area contributed by atoms with E-state index in [-0.39, 0.29) is 0 Å². The zero-order valence-electron chi connectivity index (χ0n) is 15.0. The fraction of sp³-hybridized carbons (Fsp3) is 0.474. The molecule has 2 N–H and O–H groups in total. The van der Waals surface area contributed by atoms with Gasteiger partial charge < -0.3 is 19.0 Å². The fourth-order valence-corrected chi connectivity index (χ4v) is 5.67. The zero-order chi connectivity index (χ0) is 17.4. The minimum absolute atomic E-state index is 0.615. The van der Waals surface area contributed by atoms with Gasteiger partial charge in [0.1, 0.15) is 0 Å². The van der Waals surface area contributed by atoms with Crippen LogP contribution in [0.1, 0.15) is 32.8 Å². The Hall–Kier alpha value is -1.40. The van der Waals surface area contributed by atoms with Crippen molar-refractivity contribution >= 4 is 25.3 Å². The van der Waals surface area contributed by atoms with Crippen molar-refractivity contribution in [1.82, 2.24) is 0 Å². The molecule has 0 aliphatic carbocycles.